The Morgan fingerprint density at radius 1 is 1.38 bits per heavy atom. The third kappa shape index (κ3) is 10.2. The van der Waals surface area contributed by atoms with Gasteiger partial charge < -0.3 is 10.1 Å². The first-order chi connectivity index (χ1) is 6.31. The number of ether oxygens (including phenoxy) is 1. The van der Waals surface area contributed by atoms with Gasteiger partial charge in [0.2, 0.25) is 0 Å². The lowest BCUT2D eigenvalue weighted by molar-refractivity contribution is 0.0762. The van der Waals surface area contributed by atoms with Crippen LogP contribution in [0.4, 0.5) is 0 Å². The summed E-state index contributed by atoms with van der Waals surface area (Å²) in [6.07, 6.45) is 5.10. The van der Waals surface area contributed by atoms with Gasteiger partial charge in [-0.2, -0.15) is 11.8 Å². The topological polar surface area (TPSA) is 21.3 Å². The van der Waals surface area contributed by atoms with Crippen LogP contribution >= 0.6 is 11.8 Å². The average molecular weight is 205 g/mol. The first kappa shape index (κ1) is 13.3. The largest absolute Gasteiger partial charge is 0.377 e. The van der Waals surface area contributed by atoms with Gasteiger partial charge in [0.1, 0.15) is 0 Å². The molecule has 0 aliphatic rings. The highest BCUT2D eigenvalue weighted by molar-refractivity contribution is 7.98. The van der Waals surface area contributed by atoms with Gasteiger partial charge in [-0.05, 0) is 45.2 Å². The first-order valence-electron chi connectivity index (χ1n) is 5.12. The van der Waals surface area contributed by atoms with Crippen LogP contribution in [0.5, 0.6) is 0 Å². The van der Waals surface area contributed by atoms with Gasteiger partial charge in [0.25, 0.3) is 0 Å². The van der Waals surface area contributed by atoms with Crippen molar-refractivity contribution in [2.75, 3.05) is 31.7 Å². The quantitative estimate of drug-likeness (QED) is 0.583. The summed E-state index contributed by atoms with van der Waals surface area (Å²) in [4.78, 5) is 0. The maximum atomic E-state index is 5.40. The maximum Gasteiger partial charge on any atom is 0.0671 e. The molecule has 0 aromatic carbocycles. The summed E-state index contributed by atoms with van der Waals surface area (Å²) in [6.45, 7) is 7.06. The normalized spacial score (nSPS) is 13.2. The van der Waals surface area contributed by atoms with Crippen molar-refractivity contribution in [1.82, 2.24) is 5.32 Å². The Labute approximate surface area is 86.8 Å². The van der Waals surface area contributed by atoms with Crippen molar-refractivity contribution in [1.29, 1.82) is 0 Å². The summed E-state index contributed by atoms with van der Waals surface area (Å²) in [6, 6.07) is 0. The van der Waals surface area contributed by atoms with Gasteiger partial charge in [-0.25, -0.2) is 0 Å². The Morgan fingerprint density at radius 3 is 2.77 bits per heavy atom. The Bertz CT molecular complexity index is 101. The molecule has 3 heteroatoms. The van der Waals surface area contributed by atoms with Crippen LogP contribution in [0.25, 0.3) is 0 Å². The number of hydrogen-bond donors (Lipinski definition) is 1. The van der Waals surface area contributed by atoms with Gasteiger partial charge in [0.15, 0.2) is 0 Å². The van der Waals surface area contributed by atoms with E-state index >= 15 is 0 Å². The fraction of sp³-hybridized carbons (Fsp3) is 1.00. The van der Waals surface area contributed by atoms with Crippen LogP contribution in [0.3, 0.4) is 0 Å². The maximum absolute atomic E-state index is 5.40. The minimum atomic E-state index is 0.352. The Morgan fingerprint density at radius 2 is 2.15 bits per heavy atom. The summed E-state index contributed by atoms with van der Waals surface area (Å²) in [5, 5.41) is 3.39. The van der Waals surface area contributed by atoms with Gasteiger partial charge in [-0.1, -0.05) is 0 Å². The molecule has 2 nitrogen and oxygen atoms in total. The summed E-state index contributed by atoms with van der Waals surface area (Å²) in [5.74, 6) is 1.28. The first-order valence-corrected chi connectivity index (χ1v) is 6.51. The van der Waals surface area contributed by atoms with E-state index in [1.807, 2.05) is 18.7 Å². The number of hydrogen-bond acceptors (Lipinski definition) is 3. The molecule has 0 amide bonds. The molecule has 0 saturated heterocycles. The predicted octanol–water partition coefficient (Wildman–Crippen LogP) is 2.14. The summed E-state index contributed by atoms with van der Waals surface area (Å²) < 4.78 is 5.40. The van der Waals surface area contributed by atoms with Crippen molar-refractivity contribution in [3.05, 3.63) is 0 Å². The molecule has 80 valence electrons. The van der Waals surface area contributed by atoms with Crippen LogP contribution < -0.4 is 5.32 Å². The van der Waals surface area contributed by atoms with E-state index in [0.717, 1.165) is 19.7 Å². The highest BCUT2D eigenvalue weighted by atomic mass is 32.2. The molecule has 13 heavy (non-hydrogen) atoms. The molecule has 0 saturated carbocycles. The van der Waals surface area contributed by atoms with Crippen LogP contribution in [-0.2, 0) is 4.74 Å². The fourth-order valence-corrected chi connectivity index (χ4v) is 1.64. The molecule has 0 heterocycles. The lowest BCUT2D eigenvalue weighted by Gasteiger charge is -2.12. The molecule has 0 aromatic heterocycles. The van der Waals surface area contributed by atoms with Gasteiger partial charge in [0, 0.05) is 13.2 Å². The van der Waals surface area contributed by atoms with Crippen LogP contribution in [0, 0.1) is 0 Å². The summed E-state index contributed by atoms with van der Waals surface area (Å²) >= 11 is 1.92. The summed E-state index contributed by atoms with van der Waals surface area (Å²) in [7, 11) is 0. The van der Waals surface area contributed by atoms with Gasteiger partial charge in [-0.15, -0.1) is 0 Å². The van der Waals surface area contributed by atoms with Crippen molar-refractivity contribution in [3.63, 3.8) is 0 Å². The van der Waals surface area contributed by atoms with E-state index in [0.29, 0.717) is 6.10 Å². The van der Waals surface area contributed by atoms with Gasteiger partial charge in [0.05, 0.1) is 6.10 Å². The van der Waals surface area contributed by atoms with Crippen molar-refractivity contribution >= 4 is 11.8 Å². The van der Waals surface area contributed by atoms with E-state index in [1.165, 1.54) is 18.6 Å². The monoisotopic (exact) mass is 205 g/mol. The van der Waals surface area contributed by atoms with E-state index in [9.17, 15) is 0 Å². The fourth-order valence-electron chi connectivity index (χ4n) is 1.15. The van der Waals surface area contributed by atoms with Crippen molar-refractivity contribution in [2.45, 2.75) is 32.8 Å². The van der Waals surface area contributed by atoms with Crippen molar-refractivity contribution in [2.24, 2.45) is 0 Å². The van der Waals surface area contributed by atoms with Gasteiger partial charge in [-0.3, -0.25) is 0 Å². The third-order valence-corrected chi connectivity index (χ3v) is 2.53. The number of unbranched alkanes of at least 4 members (excludes halogenated alkanes) is 1. The van der Waals surface area contributed by atoms with E-state index in [-0.39, 0.29) is 0 Å². The van der Waals surface area contributed by atoms with Gasteiger partial charge >= 0.3 is 0 Å². The second-order valence-corrected chi connectivity index (χ2v) is 4.16. The van der Waals surface area contributed by atoms with Crippen molar-refractivity contribution in [3.8, 4) is 0 Å². The molecule has 0 rings (SSSR count). The molecule has 0 spiro atoms. The second-order valence-electron chi connectivity index (χ2n) is 3.17. The highest BCUT2D eigenvalue weighted by Crippen LogP contribution is 1.97. The lowest BCUT2D eigenvalue weighted by atomic mass is 10.3. The van der Waals surface area contributed by atoms with E-state index in [1.54, 1.807) is 0 Å². The molecule has 0 aliphatic carbocycles. The second kappa shape index (κ2) is 10.4. The van der Waals surface area contributed by atoms with Crippen LogP contribution in [0.1, 0.15) is 26.7 Å². The zero-order valence-electron chi connectivity index (χ0n) is 9.14. The van der Waals surface area contributed by atoms with E-state index < -0.39 is 0 Å². The molecule has 1 N–H and O–H groups in total. The Hall–Kier alpha value is 0.270. The average Bonchev–Trinajstić information content (AvgIpc) is 2.11. The van der Waals surface area contributed by atoms with Crippen LogP contribution in [0.2, 0.25) is 0 Å². The third-order valence-electron chi connectivity index (χ3n) is 1.83. The smallest absolute Gasteiger partial charge is 0.0671 e. The number of rotatable bonds is 9. The lowest BCUT2D eigenvalue weighted by Crippen LogP contribution is -2.27. The van der Waals surface area contributed by atoms with E-state index in [2.05, 4.69) is 18.5 Å². The number of thioether (sulfide) groups is 1. The molecule has 1 atom stereocenters. The molecule has 0 aliphatic heterocycles. The SMILES string of the molecule is CCOC(C)CNCCCCSC. The molecule has 1 unspecified atom stereocenters. The van der Waals surface area contributed by atoms with Crippen LogP contribution in [0.15, 0.2) is 0 Å². The van der Waals surface area contributed by atoms with Crippen LogP contribution in [-0.4, -0.2) is 37.8 Å². The molecule has 0 aromatic rings. The Balaban J connectivity index is 2.97. The number of nitrogens with one attached hydrogen (secondary N) is 1. The molecular formula is C10H23NOS. The zero-order chi connectivity index (χ0) is 9.94. The highest BCUT2D eigenvalue weighted by Gasteiger charge is 1.98. The Kier molecular flexibility index (Phi) is 10.6. The minimum absolute atomic E-state index is 0.352. The predicted molar refractivity (Wildman–Crippen MR) is 61.6 cm³/mol. The zero-order valence-corrected chi connectivity index (χ0v) is 9.95. The molecule has 0 bridgehead atoms. The minimum Gasteiger partial charge on any atom is -0.377 e. The molecule has 0 radical (unpaired) electrons. The molecular weight excluding hydrogens is 182 g/mol. The summed E-state index contributed by atoms with van der Waals surface area (Å²) in [5.41, 5.74) is 0. The van der Waals surface area contributed by atoms with Crippen molar-refractivity contribution < 1.29 is 4.74 Å². The van der Waals surface area contributed by atoms with E-state index in [4.69, 9.17) is 4.74 Å². The standard InChI is InChI=1S/C10H23NOS/c1-4-12-10(2)9-11-7-5-6-8-13-3/h10-11H,4-9H2,1-3H3. The molecule has 0 fully saturated rings.